The largest absolute Gasteiger partial charge is 0.488 e. The van der Waals surface area contributed by atoms with E-state index in [1.54, 1.807) is 115 Å². The zero-order valence-electron chi connectivity index (χ0n) is 77.3. The van der Waals surface area contributed by atoms with Crippen molar-refractivity contribution < 1.29 is 54.5 Å². The Morgan fingerprint density at radius 2 is 0.571 bits per heavy atom. The third-order valence-electron chi connectivity index (χ3n) is 16.9. The SMILES string of the molecule is OB(O)c1ccccc1.[2H]c1c([2H])c([2H])c(-c2ccc3oc(-c4ccccc4)c(-c4c5c([2H])c([2H])c([2H])c([2H])c5c(-c5ccccc5-c5ccccc5)c5c([2H])c([2H])c([2H])c([2H])c45)c3c2)c([2H])c1[2H].[2H]c1c([2H])c([2H])c(-c2ccc3oc(I)c(-c4c5c([2H])c([2H])c([2H])c([2H])c5c(-c5ccccc5-c5ccccc5)c5c([2H])c([2H])c([2H])c([2H])c45)c3c2)c([2H])c1[2H]. The fraction of sp³-hybridized carbons (Fsp3) is 0. The van der Waals surface area contributed by atoms with Crippen molar-refractivity contribution in [2.75, 3.05) is 0 Å². The summed E-state index contributed by atoms with van der Waals surface area (Å²) in [4.78, 5) is 0. The summed E-state index contributed by atoms with van der Waals surface area (Å²) in [6, 6.07) is 47.3. The molecule has 0 fully saturated rings. The number of rotatable bonds is 10. The minimum atomic E-state index is -1.34. The van der Waals surface area contributed by atoms with Gasteiger partial charge in [0.1, 0.15) is 16.9 Å². The van der Waals surface area contributed by atoms with E-state index in [0.717, 1.165) is 11.1 Å². The Balaban J connectivity index is 0.000000167. The van der Waals surface area contributed by atoms with Crippen molar-refractivity contribution in [3.8, 4) is 100 Å². The number of fused-ring (bicyclic) bond motifs is 6. The van der Waals surface area contributed by atoms with Gasteiger partial charge in [0.25, 0.3) is 0 Å². The van der Waals surface area contributed by atoms with Crippen molar-refractivity contribution in [2.45, 2.75) is 0 Å². The van der Waals surface area contributed by atoms with E-state index in [0.29, 0.717) is 44.1 Å². The van der Waals surface area contributed by atoms with E-state index in [1.807, 2.05) is 114 Å². The van der Waals surface area contributed by atoms with Gasteiger partial charge in [-0.1, -0.05) is 339 Å². The molecule has 464 valence electrons. The van der Waals surface area contributed by atoms with Crippen LogP contribution in [0, 0.1) is 3.77 Å². The minimum Gasteiger partial charge on any atom is -0.455 e. The van der Waals surface area contributed by atoms with Crippen molar-refractivity contribution in [3.05, 3.63) is 367 Å². The maximum Gasteiger partial charge on any atom is 0.488 e. The summed E-state index contributed by atoms with van der Waals surface area (Å²) in [6.07, 6.45) is 0. The highest BCUT2D eigenvalue weighted by Gasteiger charge is 2.27. The molecule has 0 saturated heterocycles. The lowest BCUT2D eigenvalue weighted by atomic mass is 9.81. The van der Waals surface area contributed by atoms with Gasteiger partial charge < -0.3 is 18.9 Å². The molecule has 4 nitrogen and oxygen atoms in total. The van der Waals surface area contributed by atoms with Crippen LogP contribution in [0.3, 0.4) is 0 Å². The van der Waals surface area contributed by atoms with Gasteiger partial charge in [0.15, 0.2) is 3.77 Å². The van der Waals surface area contributed by atoms with Gasteiger partial charge in [-0.3, -0.25) is 0 Å². The Morgan fingerprint density at radius 1 is 0.255 bits per heavy atom. The highest BCUT2D eigenvalue weighted by molar-refractivity contribution is 14.1. The standard InChI is InChI=1S/C46H30O.C40H25IO.C6H7BO2/c1-4-16-31(17-5-1)34-28-29-42-41(30-34)45(46(47-42)33-20-8-3-9-21-33)44-39-26-14-12-24-37(39)43(38-25-13-15-27-40(38)44)36-23-11-10-22-35(36)32-18-6-2-7-19-32;41-40-39(35-25-28(23-24-36(35)42-40)26-13-3-1-4-14-26)38-33-21-11-9-19-31(33)37(32-20-10-12-22-34(32)38)30-18-8-7-17-29(30)27-15-5-2-6-16-27;8-7(9)6-4-2-1-3-5-6/h1-30H;1-25H;1-5,8-9H/i1D,4D,5D,12D,13D,14D,15D,16D,17D,24D,25D,26D,27D;1D,3D,4D,9D,10D,11D,12D,13D,14D,19D,20D,21D,22D;. The Bertz CT molecular complexity index is 7320. The highest BCUT2D eigenvalue weighted by atomic mass is 127. The van der Waals surface area contributed by atoms with Crippen molar-refractivity contribution in [2.24, 2.45) is 0 Å². The average Bonchev–Trinajstić information content (AvgIpc) is 1.13. The van der Waals surface area contributed by atoms with Crippen molar-refractivity contribution >= 4 is 100 Å². The van der Waals surface area contributed by atoms with Gasteiger partial charge in [-0.2, -0.15) is 0 Å². The van der Waals surface area contributed by atoms with Gasteiger partial charge in [0, 0.05) is 61.2 Å². The topological polar surface area (TPSA) is 66.7 Å². The average molecular weight is 1400 g/mol. The molecule has 0 saturated carbocycles. The summed E-state index contributed by atoms with van der Waals surface area (Å²) in [7, 11) is -1.34. The van der Waals surface area contributed by atoms with Crippen molar-refractivity contribution in [1.82, 2.24) is 0 Å². The van der Waals surface area contributed by atoms with E-state index in [9.17, 15) is 11.0 Å². The maximum absolute atomic E-state index is 9.60. The van der Waals surface area contributed by atoms with Crippen LogP contribution in [-0.2, 0) is 0 Å². The Hall–Kier alpha value is -11.6. The smallest absolute Gasteiger partial charge is 0.455 e. The third-order valence-corrected chi connectivity index (χ3v) is 17.6. The third kappa shape index (κ3) is 11.6. The Kier molecular flexibility index (Phi) is 10.8. The van der Waals surface area contributed by atoms with Gasteiger partial charge in [-0.05, 0) is 140 Å². The van der Waals surface area contributed by atoms with Gasteiger partial charge in [0.05, 0.1) is 35.6 Å². The predicted octanol–water partition coefficient (Wildman–Crippen LogP) is 24.5. The Labute approximate surface area is 619 Å². The summed E-state index contributed by atoms with van der Waals surface area (Å²) in [5, 5.41) is 17.8. The first-order valence-corrected chi connectivity index (χ1v) is 31.9. The second-order valence-corrected chi connectivity index (χ2v) is 23.4. The summed E-state index contributed by atoms with van der Waals surface area (Å²) >= 11 is 1.93. The number of halogens is 1. The molecule has 0 unspecified atom stereocenters. The summed E-state index contributed by atoms with van der Waals surface area (Å²) in [5.41, 5.74) is 6.78. The van der Waals surface area contributed by atoms with Crippen LogP contribution in [0.5, 0.6) is 0 Å². The van der Waals surface area contributed by atoms with Crippen LogP contribution in [0.2, 0.25) is 0 Å². The van der Waals surface area contributed by atoms with E-state index in [4.69, 9.17) is 43.6 Å². The molecule has 18 aromatic rings. The van der Waals surface area contributed by atoms with Crippen molar-refractivity contribution in [1.29, 1.82) is 0 Å². The zero-order valence-corrected chi connectivity index (χ0v) is 53.5. The molecule has 0 aliphatic carbocycles. The molecule has 2 N–H and O–H groups in total. The van der Waals surface area contributed by atoms with Crippen LogP contribution in [0.25, 0.3) is 165 Å². The van der Waals surface area contributed by atoms with Gasteiger partial charge in [-0.25, -0.2) is 0 Å². The number of furan rings is 2. The lowest BCUT2D eigenvalue weighted by molar-refractivity contribution is 0.426. The van der Waals surface area contributed by atoms with E-state index >= 15 is 0 Å². The normalized spacial score (nSPS) is 14.9. The predicted molar refractivity (Wildman–Crippen MR) is 420 cm³/mol. The first-order chi connectivity index (χ1) is 59.2. The van der Waals surface area contributed by atoms with E-state index < -0.39 is 164 Å². The highest BCUT2D eigenvalue weighted by Crippen LogP contribution is 2.53. The molecule has 2 aromatic heterocycles. The molecule has 0 aliphatic rings. The summed E-state index contributed by atoms with van der Waals surface area (Å²) in [6.45, 7) is 0. The van der Waals surface area contributed by atoms with Crippen LogP contribution in [-0.4, -0.2) is 17.2 Å². The molecule has 0 aliphatic heterocycles. The lowest BCUT2D eigenvalue weighted by Crippen LogP contribution is -2.29. The Morgan fingerprint density at radius 3 is 0.959 bits per heavy atom. The van der Waals surface area contributed by atoms with E-state index in [1.165, 1.54) is 0 Å². The molecule has 0 radical (unpaired) electrons. The van der Waals surface area contributed by atoms with Gasteiger partial charge in [0.2, 0.25) is 0 Å². The molecule has 0 bridgehead atoms. The zero-order chi connectivity index (χ0) is 88.5. The van der Waals surface area contributed by atoms with Gasteiger partial charge >= 0.3 is 7.12 Å². The molecule has 18 rings (SSSR count). The van der Waals surface area contributed by atoms with E-state index in [-0.39, 0.29) is 119 Å². The summed E-state index contributed by atoms with van der Waals surface area (Å²) < 4.78 is 244. The van der Waals surface area contributed by atoms with Gasteiger partial charge in [-0.15, -0.1) is 0 Å². The molecule has 98 heavy (non-hydrogen) atoms. The minimum absolute atomic E-state index is 0.00442. The van der Waals surface area contributed by atoms with Crippen LogP contribution in [0.1, 0.15) is 35.6 Å². The maximum atomic E-state index is 9.60. The first-order valence-electron chi connectivity index (χ1n) is 43.8. The van der Waals surface area contributed by atoms with E-state index in [2.05, 4.69) is 0 Å². The molecule has 0 atom stereocenters. The van der Waals surface area contributed by atoms with Crippen LogP contribution >= 0.6 is 22.6 Å². The first kappa shape index (κ1) is 38.8. The molecule has 16 aromatic carbocycles. The fourth-order valence-corrected chi connectivity index (χ4v) is 13.4. The fourth-order valence-electron chi connectivity index (χ4n) is 12.6. The lowest BCUT2D eigenvalue weighted by Gasteiger charge is -2.20. The van der Waals surface area contributed by atoms with Crippen LogP contribution < -0.4 is 5.46 Å². The number of hydrogen-bond acceptors (Lipinski definition) is 4. The van der Waals surface area contributed by atoms with Crippen LogP contribution in [0.4, 0.5) is 0 Å². The quantitative estimate of drug-likeness (QED) is 0.0813. The summed E-state index contributed by atoms with van der Waals surface area (Å²) in [5.74, 6) is 0.212. The molecular formula is C92H62BIO4. The molecule has 2 heterocycles. The molecule has 0 spiro atoms. The monoisotopic (exact) mass is 1390 g/mol. The second kappa shape index (κ2) is 27.2. The second-order valence-electron chi connectivity index (χ2n) is 22.5. The number of benzene rings is 16. The van der Waals surface area contributed by atoms with Crippen LogP contribution in [0.15, 0.2) is 372 Å². The molecular weight excluding hydrogens is 1310 g/mol. The number of hydrogen-bond donors (Lipinski definition) is 2. The van der Waals surface area contributed by atoms with Crippen molar-refractivity contribution in [3.63, 3.8) is 0 Å². The molecule has 0 amide bonds. The molecule has 6 heteroatoms.